The molecular weight excluding hydrogens is 425 g/mol. The van der Waals surface area contributed by atoms with E-state index in [0.717, 1.165) is 68.5 Å². The average Bonchev–Trinajstić information content (AvgIpc) is 3.24. The number of hydrogen-bond donors (Lipinski definition) is 1. The lowest BCUT2D eigenvalue weighted by molar-refractivity contribution is 0.329. The number of anilines is 1. The van der Waals surface area contributed by atoms with Crippen LogP contribution in [0, 0.1) is 6.92 Å². The van der Waals surface area contributed by atoms with Gasteiger partial charge in [0.1, 0.15) is 0 Å². The summed E-state index contributed by atoms with van der Waals surface area (Å²) < 4.78 is 5.69. The van der Waals surface area contributed by atoms with Crippen LogP contribution in [0.4, 0.5) is 5.95 Å². The summed E-state index contributed by atoms with van der Waals surface area (Å²) in [5, 5.41) is 7.72. The van der Waals surface area contributed by atoms with Gasteiger partial charge < -0.3 is 14.7 Å². The number of piperidine rings is 1. The third kappa shape index (κ3) is 4.26. The number of aryl methyl sites for hydroxylation is 1. The standard InChI is InChI=1S/C20H23N7O.2ClH/c1-13-17(16-3-8-21-11-15(16)12-24-13)18-25-19(28-26-18)14-4-9-27(10-5-14)20-22-6-2-7-23-20;;/h2,6-7,12,14,21H,3-5,8-11H2,1H3;2*1H. The van der Waals surface area contributed by atoms with Gasteiger partial charge in [-0.25, -0.2) is 9.97 Å². The van der Waals surface area contributed by atoms with Gasteiger partial charge in [0, 0.05) is 55.4 Å². The number of halogens is 2. The maximum atomic E-state index is 5.69. The lowest BCUT2D eigenvalue weighted by Crippen LogP contribution is -2.34. The van der Waals surface area contributed by atoms with E-state index >= 15 is 0 Å². The van der Waals surface area contributed by atoms with Gasteiger partial charge in [0.25, 0.3) is 0 Å². The smallest absolute Gasteiger partial charge is 0.230 e. The summed E-state index contributed by atoms with van der Waals surface area (Å²) in [6.45, 7) is 5.61. The SMILES string of the molecule is Cc1ncc2c(c1-c1noc(C3CCN(c4ncccn4)CC3)n1)CCNC2.Cl.Cl. The molecule has 160 valence electrons. The zero-order valence-corrected chi connectivity index (χ0v) is 18.4. The van der Waals surface area contributed by atoms with E-state index in [1.165, 1.54) is 11.1 Å². The highest BCUT2D eigenvalue weighted by Gasteiger charge is 2.28. The number of rotatable bonds is 3. The Morgan fingerprint density at radius 3 is 2.63 bits per heavy atom. The summed E-state index contributed by atoms with van der Waals surface area (Å²) in [7, 11) is 0. The molecule has 1 fully saturated rings. The zero-order chi connectivity index (χ0) is 18.9. The van der Waals surface area contributed by atoms with E-state index in [4.69, 9.17) is 9.51 Å². The van der Waals surface area contributed by atoms with E-state index in [9.17, 15) is 0 Å². The Hall–Kier alpha value is -2.29. The summed E-state index contributed by atoms with van der Waals surface area (Å²) in [6.07, 6.45) is 8.40. The fourth-order valence-electron chi connectivity index (χ4n) is 4.15. The summed E-state index contributed by atoms with van der Waals surface area (Å²) in [6, 6.07) is 1.84. The minimum atomic E-state index is 0. The van der Waals surface area contributed by atoms with E-state index < -0.39 is 0 Å². The van der Waals surface area contributed by atoms with Crippen molar-refractivity contribution in [1.82, 2.24) is 30.4 Å². The van der Waals surface area contributed by atoms with Crippen molar-refractivity contribution in [2.24, 2.45) is 0 Å². The Labute approximate surface area is 187 Å². The number of nitrogens with one attached hydrogen (secondary N) is 1. The van der Waals surface area contributed by atoms with Crippen molar-refractivity contribution < 1.29 is 4.52 Å². The fourth-order valence-corrected chi connectivity index (χ4v) is 4.15. The van der Waals surface area contributed by atoms with Crippen molar-refractivity contribution in [2.45, 2.75) is 38.6 Å². The summed E-state index contributed by atoms with van der Waals surface area (Å²) in [4.78, 5) is 20.2. The Bertz CT molecular complexity index is 975. The predicted octanol–water partition coefficient (Wildman–Crippen LogP) is 3.10. The van der Waals surface area contributed by atoms with Crippen LogP contribution in [0.3, 0.4) is 0 Å². The normalized spacial score (nSPS) is 16.4. The second-order valence-electron chi connectivity index (χ2n) is 7.42. The second kappa shape index (κ2) is 9.68. The summed E-state index contributed by atoms with van der Waals surface area (Å²) in [5.41, 5.74) is 4.54. The Morgan fingerprint density at radius 1 is 1.10 bits per heavy atom. The molecule has 0 amide bonds. The predicted molar refractivity (Wildman–Crippen MR) is 118 cm³/mol. The van der Waals surface area contributed by atoms with Crippen LogP contribution in [0.2, 0.25) is 0 Å². The Kier molecular flexibility index (Phi) is 7.23. The van der Waals surface area contributed by atoms with Crippen molar-refractivity contribution in [1.29, 1.82) is 0 Å². The first kappa shape index (κ1) is 22.4. The first-order chi connectivity index (χ1) is 13.8. The van der Waals surface area contributed by atoms with Crippen LogP contribution < -0.4 is 10.2 Å². The third-order valence-corrected chi connectivity index (χ3v) is 5.68. The first-order valence-corrected chi connectivity index (χ1v) is 9.83. The number of hydrogen-bond acceptors (Lipinski definition) is 8. The Morgan fingerprint density at radius 2 is 1.87 bits per heavy atom. The fraction of sp³-hybridized carbons (Fsp3) is 0.450. The van der Waals surface area contributed by atoms with E-state index in [1.807, 2.05) is 19.2 Å². The largest absolute Gasteiger partial charge is 0.341 e. The molecule has 0 aromatic carbocycles. The van der Waals surface area contributed by atoms with Crippen LogP contribution >= 0.6 is 24.8 Å². The molecule has 8 nitrogen and oxygen atoms in total. The molecule has 0 saturated carbocycles. The van der Waals surface area contributed by atoms with Gasteiger partial charge in [0.2, 0.25) is 17.7 Å². The Balaban J connectivity index is 0.00000128. The molecule has 30 heavy (non-hydrogen) atoms. The van der Waals surface area contributed by atoms with Crippen molar-refractivity contribution in [3.8, 4) is 11.4 Å². The maximum absolute atomic E-state index is 5.69. The topological polar surface area (TPSA) is 92.9 Å². The average molecular weight is 450 g/mol. The molecule has 1 saturated heterocycles. The zero-order valence-electron chi connectivity index (χ0n) is 16.7. The molecule has 0 atom stereocenters. The van der Waals surface area contributed by atoms with Gasteiger partial charge in [-0.2, -0.15) is 4.98 Å². The number of nitrogens with zero attached hydrogens (tertiary/aromatic N) is 6. The highest BCUT2D eigenvalue weighted by Crippen LogP contribution is 2.32. The third-order valence-electron chi connectivity index (χ3n) is 5.68. The molecular formula is C20H25Cl2N7O. The number of pyridine rings is 1. The molecule has 0 radical (unpaired) electrons. The van der Waals surface area contributed by atoms with Crippen LogP contribution in [0.25, 0.3) is 11.4 Å². The lowest BCUT2D eigenvalue weighted by Gasteiger charge is -2.30. The van der Waals surface area contributed by atoms with Gasteiger partial charge in [0.05, 0.1) is 0 Å². The van der Waals surface area contributed by atoms with Gasteiger partial charge in [0.15, 0.2) is 0 Å². The van der Waals surface area contributed by atoms with Crippen LogP contribution in [-0.2, 0) is 13.0 Å². The highest BCUT2D eigenvalue weighted by molar-refractivity contribution is 5.85. The molecule has 1 N–H and O–H groups in total. The quantitative estimate of drug-likeness (QED) is 0.651. The summed E-state index contributed by atoms with van der Waals surface area (Å²) >= 11 is 0. The first-order valence-electron chi connectivity index (χ1n) is 9.83. The van der Waals surface area contributed by atoms with E-state index in [0.29, 0.717) is 5.82 Å². The van der Waals surface area contributed by atoms with Crippen LogP contribution in [0.1, 0.15) is 41.5 Å². The molecule has 5 rings (SSSR count). The number of aromatic nitrogens is 5. The van der Waals surface area contributed by atoms with Crippen molar-refractivity contribution in [3.05, 3.63) is 47.4 Å². The lowest BCUT2D eigenvalue weighted by atomic mass is 9.95. The molecule has 2 aliphatic rings. The molecule has 10 heteroatoms. The molecule has 0 unspecified atom stereocenters. The number of fused-ring (bicyclic) bond motifs is 1. The molecule has 0 bridgehead atoms. The molecule has 3 aromatic rings. The maximum Gasteiger partial charge on any atom is 0.230 e. The molecule has 5 heterocycles. The van der Waals surface area contributed by atoms with Crippen molar-refractivity contribution >= 4 is 30.8 Å². The highest BCUT2D eigenvalue weighted by atomic mass is 35.5. The van der Waals surface area contributed by atoms with Gasteiger partial charge >= 0.3 is 0 Å². The van der Waals surface area contributed by atoms with Crippen LogP contribution in [0.5, 0.6) is 0 Å². The van der Waals surface area contributed by atoms with Crippen LogP contribution in [-0.4, -0.2) is 44.7 Å². The van der Waals surface area contributed by atoms with Crippen molar-refractivity contribution in [3.63, 3.8) is 0 Å². The van der Waals surface area contributed by atoms with Crippen LogP contribution in [0.15, 0.2) is 29.2 Å². The van der Waals surface area contributed by atoms with E-state index in [2.05, 4.69) is 30.3 Å². The summed E-state index contributed by atoms with van der Waals surface area (Å²) in [5.74, 6) is 2.47. The van der Waals surface area contributed by atoms with Gasteiger partial charge in [-0.15, -0.1) is 24.8 Å². The molecule has 0 spiro atoms. The second-order valence-corrected chi connectivity index (χ2v) is 7.42. The van der Waals surface area contributed by atoms with Gasteiger partial charge in [-0.1, -0.05) is 5.16 Å². The minimum absolute atomic E-state index is 0. The molecule has 3 aromatic heterocycles. The van der Waals surface area contributed by atoms with Crippen molar-refractivity contribution in [2.75, 3.05) is 24.5 Å². The molecule has 0 aliphatic carbocycles. The van der Waals surface area contributed by atoms with E-state index in [-0.39, 0.29) is 30.7 Å². The molecule has 2 aliphatic heterocycles. The minimum Gasteiger partial charge on any atom is -0.341 e. The van der Waals surface area contributed by atoms with Gasteiger partial charge in [-0.05, 0) is 49.9 Å². The monoisotopic (exact) mass is 449 g/mol. The van der Waals surface area contributed by atoms with E-state index in [1.54, 1.807) is 12.4 Å². The van der Waals surface area contributed by atoms with Gasteiger partial charge in [-0.3, -0.25) is 4.98 Å².